The van der Waals surface area contributed by atoms with Gasteiger partial charge in [0, 0.05) is 15.6 Å². The number of ether oxygens (including phenoxy) is 2. The van der Waals surface area contributed by atoms with Gasteiger partial charge in [0.05, 0.1) is 30.2 Å². The number of halogens is 3. The average Bonchev–Trinajstić information content (AvgIpc) is 3.62. The average molecular weight is 532 g/mol. The van der Waals surface area contributed by atoms with Crippen LogP contribution in [0.2, 0.25) is 15.1 Å². The van der Waals surface area contributed by atoms with Gasteiger partial charge in [-0.05, 0) is 59.9 Å². The molecule has 1 heterocycles. The molecule has 5 aliphatic rings. The van der Waals surface area contributed by atoms with E-state index in [-0.39, 0.29) is 42.1 Å². The lowest BCUT2D eigenvalue weighted by molar-refractivity contribution is -0.140. The lowest BCUT2D eigenvalue weighted by Gasteiger charge is -2.37. The lowest BCUT2D eigenvalue weighted by Crippen LogP contribution is -2.40. The Kier molecular flexibility index (Phi) is 5.59. The highest BCUT2D eigenvalue weighted by atomic mass is 35.5. The zero-order valence-electron chi connectivity index (χ0n) is 18.7. The molecule has 4 aliphatic carbocycles. The number of hydrogen-bond donors (Lipinski definition) is 0. The van der Waals surface area contributed by atoms with Crippen LogP contribution in [-0.4, -0.2) is 30.1 Å². The molecule has 3 fully saturated rings. The third-order valence-electron chi connectivity index (χ3n) is 7.60. The first-order valence-electron chi connectivity index (χ1n) is 11.4. The zero-order valence-corrected chi connectivity index (χ0v) is 20.9. The summed E-state index contributed by atoms with van der Waals surface area (Å²) in [5.74, 6) is 1.16. The number of amides is 2. The van der Waals surface area contributed by atoms with Crippen LogP contribution >= 0.6 is 34.8 Å². The van der Waals surface area contributed by atoms with Crippen LogP contribution in [0.5, 0.6) is 11.5 Å². The van der Waals surface area contributed by atoms with Crippen LogP contribution in [0.15, 0.2) is 47.6 Å². The molecular weight excluding hydrogens is 511 g/mol. The minimum absolute atomic E-state index is 0.159. The quantitative estimate of drug-likeness (QED) is 0.276. The molecule has 2 amide bonds. The highest BCUT2D eigenvalue weighted by molar-refractivity contribution is 6.35. The number of hydrazone groups is 1. The van der Waals surface area contributed by atoms with E-state index in [2.05, 4.69) is 17.3 Å². The molecule has 0 radical (unpaired) electrons. The van der Waals surface area contributed by atoms with Gasteiger partial charge >= 0.3 is 0 Å². The van der Waals surface area contributed by atoms with E-state index < -0.39 is 0 Å². The van der Waals surface area contributed by atoms with E-state index in [0.29, 0.717) is 44.0 Å². The summed E-state index contributed by atoms with van der Waals surface area (Å²) >= 11 is 18.7. The fourth-order valence-corrected chi connectivity index (χ4v) is 6.66. The van der Waals surface area contributed by atoms with Gasteiger partial charge < -0.3 is 9.47 Å². The molecule has 9 heteroatoms. The standard InChI is InChI=1S/C26H21Cl3N2O4/c1-34-21-7-12(6-20(29)24(21)35-11-13-2-3-14(27)8-19(13)28)10-30-31-25(32)22-15-4-5-16(18-9-17(15)18)23(22)26(31)33/h2-8,10,15-18,22-23H,9,11H2,1H3/b30-10-/t15-,16-,17-,18-,22-,23+/m0/s1. The molecule has 0 N–H and O–H groups in total. The second-order valence-corrected chi connectivity index (χ2v) is 10.7. The minimum Gasteiger partial charge on any atom is -0.493 e. The van der Waals surface area contributed by atoms with Gasteiger partial charge in [0.1, 0.15) is 6.61 Å². The summed E-state index contributed by atoms with van der Waals surface area (Å²) in [6.45, 7) is 0.164. The highest BCUT2D eigenvalue weighted by Crippen LogP contribution is 2.65. The maximum Gasteiger partial charge on any atom is 0.254 e. The molecule has 35 heavy (non-hydrogen) atoms. The van der Waals surface area contributed by atoms with E-state index in [1.165, 1.54) is 13.3 Å². The maximum atomic E-state index is 13.1. The number of carbonyl (C=O) groups is 2. The van der Waals surface area contributed by atoms with Gasteiger partial charge in [-0.3, -0.25) is 9.59 Å². The van der Waals surface area contributed by atoms with Crippen LogP contribution in [0.25, 0.3) is 0 Å². The molecule has 2 aromatic carbocycles. The minimum atomic E-state index is -0.285. The van der Waals surface area contributed by atoms with Crippen molar-refractivity contribution in [3.8, 4) is 11.5 Å². The molecule has 0 spiro atoms. The third kappa shape index (κ3) is 3.74. The lowest BCUT2D eigenvalue weighted by atomic mass is 9.63. The van der Waals surface area contributed by atoms with Gasteiger partial charge in [0.2, 0.25) is 0 Å². The molecule has 0 unspecified atom stereocenters. The van der Waals surface area contributed by atoms with E-state index in [9.17, 15) is 9.59 Å². The van der Waals surface area contributed by atoms with Crippen LogP contribution in [-0.2, 0) is 16.2 Å². The van der Waals surface area contributed by atoms with Crippen molar-refractivity contribution in [3.05, 3.63) is 68.7 Å². The number of benzene rings is 2. The van der Waals surface area contributed by atoms with Crippen molar-refractivity contribution in [1.82, 2.24) is 5.01 Å². The van der Waals surface area contributed by atoms with Crippen molar-refractivity contribution in [1.29, 1.82) is 0 Å². The largest absolute Gasteiger partial charge is 0.493 e. The summed E-state index contributed by atoms with van der Waals surface area (Å²) in [4.78, 5) is 26.2. The fraction of sp³-hybridized carbons (Fsp3) is 0.346. The van der Waals surface area contributed by atoms with E-state index in [1.54, 1.807) is 30.3 Å². The summed E-state index contributed by atoms with van der Waals surface area (Å²) in [6, 6.07) is 8.48. The monoisotopic (exact) mass is 530 g/mol. The molecule has 2 aromatic rings. The summed E-state index contributed by atoms with van der Waals surface area (Å²) < 4.78 is 11.4. The van der Waals surface area contributed by atoms with Gasteiger partial charge in [-0.25, -0.2) is 0 Å². The van der Waals surface area contributed by atoms with Crippen molar-refractivity contribution < 1.29 is 19.1 Å². The summed E-state index contributed by atoms with van der Waals surface area (Å²) in [5, 5.41) is 6.63. The van der Waals surface area contributed by atoms with Gasteiger partial charge in [-0.15, -0.1) is 0 Å². The van der Waals surface area contributed by atoms with Gasteiger partial charge in [0.15, 0.2) is 11.5 Å². The molecule has 2 bridgehead atoms. The van der Waals surface area contributed by atoms with Crippen LogP contribution in [0.3, 0.4) is 0 Å². The van der Waals surface area contributed by atoms with Gasteiger partial charge in [-0.2, -0.15) is 10.1 Å². The van der Waals surface area contributed by atoms with Gasteiger partial charge in [0.25, 0.3) is 11.8 Å². The molecule has 1 saturated heterocycles. The topological polar surface area (TPSA) is 68.2 Å². The van der Waals surface area contributed by atoms with E-state index in [4.69, 9.17) is 44.3 Å². The van der Waals surface area contributed by atoms with Gasteiger partial charge in [-0.1, -0.05) is 53.0 Å². The number of carbonyl (C=O) groups excluding carboxylic acids is 2. The van der Waals surface area contributed by atoms with Crippen molar-refractivity contribution in [2.24, 2.45) is 40.6 Å². The third-order valence-corrected chi connectivity index (χ3v) is 8.47. The van der Waals surface area contributed by atoms with E-state index in [1.807, 2.05) is 0 Å². The molecule has 2 saturated carbocycles. The first-order chi connectivity index (χ1) is 16.9. The normalized spacial score (nSPS) is 30.1. The number of nitrogens with zero attached hydrogens (tertiary/aromatic N) is 2. The molecule has 7 rings (SSSR count). The Morgan fingerprint density at radius 3 is 2.31 bits per heavy atom. The summed E-state index contributed by atoms with van der Waals surface area (Å²) in [6.07, 6.45) is 6.85. The predicted molar refractivity (Wildman–Crippen MR) is 133 cm³/mol. The first-order valence-corrected chi connectivity index (χ1v) is 12.5. The summed E-state index contributed by atoms with van der Waals surface area (Å²) in [7, 11) is 1.50. The SMILES string of the molecule is COc1cc(/C=N\N2C(=O)[C@@H]3[C@H]4C=C[C@@H]([C@@H]5C[C@@H]45)[C@@H]3C2=O)cc(Cl)c1OCc1ccc(Cl)cc1Cl. The fourth-order valence-electron chi connectivity index (χ4n) is 5.92. The molecule has 180 valence electrons. The molecular formula is C26H21Cl3N2O4. The molecule has 0 aromatic heterocycles. The Bertz CT molecular complexity index is 1270. The number of hydrogen-bond acceptors (Lipinski definition) is 5. The van der Waals surface area contributed by atoms with Crippen LogP contribution < -0.4 is 9.47 Å². The van der Waals surface area contributed by atoms with E-state index in [0.717, 1.165) is 17.0 Å². The zero-order chi connectivity index (χ0) is 24.4. The van der Waals surface area contributed by atoms with Crippen LogP contribution in [0.4, 0.5) is 0 Å². The number of allylic oxidation sites excluding steroid dienone is 2. The van der Waals surface area contributed by atoms with Crippen molar-refractivity contribution in [2.45, 2.75) is 13.0 Å². The van der Waals surface area contributed by atoms with Crippen molar-refractivity contribution in [2.75, 3.05) is 7.11 Å². The molecule has 1 aliphatic heterocycles. The van der Waals surface area contributed by atoms with Crippen LogP contribution in [0, 0.1) is 35.5 Å². The summed E-state index contributed by atoms with van der Waals surface area (Å²) in [5.41, 5.74) is 1.32. The number of imide groups is 1. The Morgan fingerprint density at radius 1 is 1.00 bits per heavy atom. The smallest absolute Gasteiger partial charge is 0.254 e. The maximum absolute atomic E-state index is 13.1. The van der Waals surface area contributed by atoms with Crippen molar-refractivity contribution in [3.63, 3.8) is 0 Å². The second kappa shape index (κ2) is 8.54. The second-order valence-electron chi connectivity index (χ2n) is 9.45. The Morgan fingerprint density at radius 2 is 1.69 bits per heavy atom. The Balaban J connectivity index is 1.21. The predicted octanol–water partition coefficient (Wildman–Crippen LogP) is 5.62. The van der Waals surface area contributed by atoms with Crippen molar-refractivity contribution >= 4 is 52.8 Å². The highest BCUT2D eigenvalue weighted by Gasteiger charge is 2.67. The van der Waals surface area contributed by atoms with Crippen LogP contribution in [0.1, 0.15) is 17.5 Å². The number of methoxy groups -OCH3 is 1. The first kappa shape index (κ1) is 22.9. The molecule has 6 nitrogen and oxygen atoms in total. The molecule has 6 atom stereocenters. The Hall–Kier alpha value is -2.54. The van der Waals surface area contributed by atoms with E-state index >= 15 is 0 Å². The number of rotatable bonds is 6. The Labute approximate surface area is 217 Å².